The van der Waals surface area contributed by atoms with Crippen molar-refractivity contribution in [2.75, 3.05) is 24.6 Å². The topological polar surface area (TPSA) is 58.7 Å². The van der Waals surface area contributed by atoms with Crippen molar-refractivity contribution in [3.05, 3.63) is 29.3 Å². The SMILES string of the molecule is Cc1cc(CN)ccc1N1CC(CO)OC(C)(C)C1. The number of ether oxygens (including phenoxy) is 1. The molecule has 0 bridgehead atoms. The molecule has 3 N–H and O–H groups in total. The molecule has 1 fully saturated rings. The summed E-state index contributed by atoms with van der Waals surface area (Å²) in [6.45, 7) is 8.39. The van der Waals surface area contributed by atoms with E-state index in [1.54, 1.807) is 0 Å². The second kappa shape index (κ2) is 5.49. The van der Waals surface area contributed by atoms with Gasteiger partial charge < -0.3 is 20.5 Å². The lowest BCUT2D eigenvalue weighted by molar-refractivity contribution is -0.101. The number of nitrogens with two attached hydrogens (primary N) is 1. The lowest BCUT2D eigenvalue weighted by Gasteiger charge is -2.44. The van der Waals surface area contributed by atoms with Crippen LogP contribution in [0.4, 0.5) is 5.69 Å². The minimum atomic E-state index is -0.245. The van der Waals surface area contributed by atoms with Gasteiger partial charge in [-0.3, -0.25) is 0 Å². The second-order valence-corrected chi connectivity index (χ2v) is 5.89. The van der Waals surface area contributed by atoms with Crippen molar-refractivity contribution in [1.29, 1.82) is 0 Å². The summed E-state index contributed by atoms with van der Waals surface area (Å²) in [5, 5.41) is 9.37. The Bertz CT molecular complexity index is 446. The standard InChI is InChI=1S/C15H24N2O2/c1-11-6-12(7-16)4-5-14(11)17-8-13(9-18)19-15(2,3)10-17/h4-6,13,18H,7-10,16H2,1-3H3. The van der Waals surface area contributed by atoms with E-state index in [-0.39, 0.29) is 18.3 Å². The number of hydrogen-bond donors (Lipinski definition) is 2. The summed E-state index contributed by atoms with van der Waals surface area (Å²) in [6, 6.07) is 6.32. The van der Waals surface area contributed by atoms with Gasteiger partial charge in [0.1, 0.15) is 0 Å². The Hall–Kier alpha value is -1.10. The first-order valence-corrected chi connectivity index (χ1v) is 6.78. The maximum atomic E-state index is 9.37. The Morgan fingerprint density at radius 3 is 2.79 bits per heavy atom. The highest BCUT2D eigenvalue weighted by molar-refractivity contribution is 5.55. The van der Waals surface area contributed by atoms with Gasteiger partial charge in [0.15, 0.2) is 0 Å². The molecule has 1 atom stereocenters. The van der Waals surface area contributed by atoms with Crippen LogP contribution in [0.5, 0.6) is 0 Å². The van der Waals surface area contributed by atoms with Crippen LogP contribution in [0.2, 0.25) is 0 Å². The van der Waals surface area contributed by atoms with Crippen molar-refractivity contribution in [2.24, 2.45) is 5.73 Å². The molecule has 1 unspecified atom stereocenters. The molecule has 0 amide bonds. The molecule has 106 valence electrons. The average Bonchev–Trinajstić information content (AvgIpc) is 2.36. The van der Waals surface area contributed by atoms with Crippen molar-refractivity contribution in [1.82, 2.24) is 0 Å². The maximum absolute atomic E-state index is 9.37. The van der Waals surface area contributed by atoms with Crippen LogP contribution in [0.1, 0.15) is 25.0 Å². The number of aryl methyl sites for hydroxylation is 1. The minimum Gasteiger partial charge on any atom is -0.394 e. The van der Waals surface area contributed by atoms with Crippen LogP contribution in [0, 0.1) is 6.92 Å². The van der Waals surface area contributed by atoms with E-state index in [2.05, 4.69) is 43.9 Å². The van der Waals surface area contributed by atoms with Crippen LogP contribution in [0.25, 0.3) is 0 Å². The zero-order valence-electron chi connectivity index (χ0n) is 12.0. The van der Waals surface area contributed by atoms with Crippen LogP contribution in [-0.2, 0) is 11.3 Å². The predicted molar refractivity (Wildman–Crippen MR) is 77.3 cm³/mol. The molecule has 0 saturated carbocycles. The summed E-state index contributed by atoms with van der Waals surface area (Å²) in [6.07, 6.45) is -0.127. The largest absolute Gasteiger partial charge is 0.394 e. The van der Waals surface area contributed by atoms with Gasteiger partial charge in [-0.15, -0.1) is 0 Å². The molecule has 1 aromatic rings. The lowest BCUT2D eigenvalue weighted by atomic mass is 10.0. The number of rotatable bonds is 3. The third kappa shape index (κ3) is 3.26. The fraction of sp³-hybridized carbons (Fsp3) is 0.600. The van der Waals surface area contributed by atoms with E-state index in [0.717, 1.165) is 18.7 Å². The number of nitrogens with zero attached hydrogens (tertiary/aromatic N) is 1. The van der Waals surface area contributed by atoms with E-state index in [9.17, 15) is 5.11 Å². The number of hydrogen-bond acceptors (Lipinski definition) is 4. The van der Waals surface area contributed by atoms with E-state index in [4.69, 9.17) is 10.5 Å². The van der Waals surface area contributed by atoms with E-state index in [0.29, 0.717) is 6.54 Å². The smallest absolute Gasteiger partial charge is 0.0988 e. The number of anilines is 1. The van der Waals surface area contributed by atoms with Crippen LogP contribution in [0.15, 0.2) is 18.2 Å². The van der Waals surface area contributed by atoms with Crippen LogP contribution >= 0.6 is 0 Å². The Kier molecular flexibility index (Phi) is 4.13. The molecule has 2 rings (SSSR count). The predicted octanol–water partition coefficient (Wildman–Crippen LogP) is 1.43. The third-order valence-electron chi connectivity index (χ3n) is 3.52. The van der Waals surface area contributed by atoms with Crippen molar-refractivity contribution in [3.63, 3.8) is 0 Å². The van der Waals surface area contributed by atoms with Crippen molar-refractivity contribution in [3.8, 4) is 0 Å². The Morgan fingerprint density at radius 2 is 2.21 bits per heavy atom. The molecule has 0 spiro atoms. The highest BCUT2D eigenvalue weighted by atomic mass is 16.5. The molecule has 1 saturated heterocycles. The molecule has 1 aliphatic rings. The summed E-state index contributed by atoms with van der Waals surface area (Å²) < 4.78 is 5.85. The van der Waals surface area contributed by atoms with E-state index >= 15 is 0 Å². The van der Waals surface area contributed by atoms with E-state index in [1.807, 2.05) is 0 Å². The normalized spacial score (nSPS) is 22.6. The second-order valence-electron chi connectivity index (χ2n) is 5.89. The highest BCUT2D eigenvalue weighted by Crippen LogP contribution is 2.28. The zero-order chi connectivity index (χ0) is 14.0. The van der Waals surface area contributed by atoms with Crippen LogP contribution in [0.3, 0.4) is 0 Å². The summed E-state index contributed by atoms with van der Waals surface area (Å²) in [4.78, 5) is 2.29. The molecule has 1 aromatic carbocycles. The molecule has 1 heterocycles. The van der Waals surface area contributed by atoms with Gasteiger partial charge in [0.05, 0.1) is 18.3 Å². The van der Waals surface area contributed by atoms with E-state index in [1.165, 1.54) is 11.3 Å². The molecular weight excluding hydrogens is 240 g/mol. The van der Waals surface area contributed by atoms with Gasteiger partial charge in [0.25, 0.3) is 0 Å². The quantitative estimate of drug-likeness (QED) is 0.867. The van der Waals surface area contributed by atoms with Gasteiger partial charge in [0, 0.05) is 25.3 Å². The average molecular weight is 264 g/mol. The van der Waals surface area contributed by atoms with Gasteiger partial charge in [0.2, 0.25) is 0 Å². The molecule has 1 aliphatic heterocycles. The van der Waals surface area contributed by atoms with Crippen molar-refractivity contribution >= 4 is 5.69 Å². The molecule has 4 heteroatoms. The summed E-state index contributed by atoms with van der Waals surface area (Å²) in [5.74, 6) is 0. The number of aliphatic hydroxyl groups is 1. The fourth-order valence-corrected chi connectivity index (χ4v) is 2.77. The van der Waals surface area contributed by atoms with Crippen LogP contribution in [-0.4, -0.2) is 36.5 Å². The summed E-state index contributed by atoms with van der Waals surface area (Å²) in [5.41, 5.74) is 8.99. The van der Waals surface area contributed by atoms with Gasteiger partial charge in [-0.05, 0) is 38.0 Å². The molecule has 4 nitrogen and oxygen atoms in total. The fourth-order valence-electron chi connectivity index (χ4n) is 2.77. The number of benzene rings is 1. The van der Waals surface area contributed by atoms with Gasteiger partial charge in [-0.25, -0.2) is 0 Å². The third-order valence-corrected chi connectivity index (χ3v) is 3.52. The highest BCUT2D eigenvalue weighted by Gasteiger charge is 2.33. The molecule has 0 aromatic heterocycles. The first-order valence-electron chi connectivity index (χ1n) is 6.78. The Balaban J connectivity index is 2.25. The van der Waals surface area contributed by atoms with Crippen molar-refractivity contribution < 1.29 is 9.84 Å². The zero-order valence-corrected chi connectivity index (χ0v) is 12.0. The molecular formula is C15H24N2O2. The number of morpholine rings is 1. The minimum absolute atomic E-state index is 0.0554. The molecule has 0 radical (unpaired) electrons. The summed E-state index contributed by atoms with van der Waals surface area (Å²) >= 11 is 0. The van der Waals surface area contributed by atoms with Gasteiger partial charge in [-0.2, -0.15) is 0 Å². The molecule has 19 heavy (non-hydrogen) atoms. The first kappa shape index (κ1) is 14.3. The lowest BCUT2D eigenvalue weighted by Crippen LogP contribution is -2.54. The Morgan fingerprint density at radius 1 is 1.47 bits per heavy atom. The molecule has 0 aliphatic carbocycles. The van der Waals surface area contributed by atoms with Crippen LogP contribution < -0.4 is 10.6 Å². The van der Waals surface area contributed by atoms with Crippen molar-refractivity contribution in [2.45, 2.75) is 39.0 Å². The van der Waals surface area contributed by atoms with Gasteiger partial charge >= 0.3 is 0 Å². The monoisotopic (exact) mass is 264 g/mol. The first-order chi connectivity index (χ1) is 8.95. The van der Waals surface area contributed by atoms with E-state index < -0.39 is 0 Å². The Labute approximate surface area is 115 Å². The number of aliphatic hydroxyl groups excluding tert-OH is 1. The summed E-state index contributed by atoms with van der Waals surface area (Å²) in [7, 11) is 0. The van der Waals surface area contributed by atoms with Gasteiger partial charge in [-0.1, -0.05) is 12.1 Å². The maximum Gasteiger partial charge on any atom is 0.0988 e.